The number of benzene rings is 1. The molecular weight excluding hydrogens is 354 g/mol. The van der Waals surface area contributed by atoms with Gasteiger partial charge in [0.1, 0.15) is 5.69 Å². The first-order valence-corrected chi connectivity index (χ1v) is 9.82. The van der Waals surface area contributed by atoms with Gasteiger partial charge in [-0.25, -0.2) is 13.2 Å². The largest absolute Gasteiger partial charge is 0.331 e. The molecular formula is C18H23N3O4S. The molecule has 140 valence electrons. The molecule has 0 aliphatic heterocycles. The number of anilines is 1. The van der Waals surface area contributed by atoms with Gasteiger partial charge >= 0.3 is 5.69 Å². The molecule has 0 bridgehead atoms. The molecule has 8 heteroatoms. The zero-order valence-electron chi connectivity index (χ0n) is 15.2. The van der Waals surface area contributed by atoms with E-state index in [0.717, 1.165) is 10.1 Å². The monoisotopic (exact) mass is 377 g/mol. The third-order valence-electron chi connectivity index (χ3n) is 4.07. The highest BCUT2D eigenvalue weighted by Gasteiger charge is 2.22. The van der Waals surface area contributed by atoms with Gasteiger partial charge in [0, 0.05) is 19.5 Å². The van der Waals surface area contributed by atoms with E-state index in [0.29, 0.717) is 12.2 Å². The second kappa shape index (κ2) is 7.74. The van der Waals surface area contributed by atoms with Crippen LogP contribution in [0.3, 0.4) is 0 Å². The van der Waals surface area contributed by atoms with Gasteiger partial charge in [0.25, 0.3) is 15.6 Å². The van der Waals surface area contributed by atoms with Crippen LogP contribution in [0.1, 0.15) is 25.1 Å². The van der Waals surface area contributed by atoms with E-state index in [1.54, 1.807) is 26.0 Å². The molecule has 26 heavy (non-hydrogen) atoms. The molecule has 0 aliphatic rings. The fraction of sp³-hybridized carbons (Fsp3) is 0.333. The molecule has 1 N–H and O–H groups in total. The molecule has 7 nitrogen and oxygen atoms in total. The lowest BCUT2D eigenvalue weighted by Gasteiger charge is -2.18. The number of hydrogen-bond acceptors (Lipinski definition) is 4. The number of sulfonamides is 1. The highest BCUT2D eigenvalue weighted by Crippen LogP contribution is 2.17. The Morgan fingerprint density at radius 3 is 2.15 bits per heavy atom. The van der Waals surface area contributed by atoms with Crippen LogP contribution in [0.15, 0.2) is 51.4 Å². The normalized spacial score (nSPS) is 11.3. The molecule has 0 radical (unpaired) electrons. The quantitative estimate of drug-likeness (QED) is 0.746. The molecule has 0 amide bonds. The average molecular weight is 377 g/mol. The number of aromatic nitrogens is 2. The van der Waals surface area contributed by atoms with E-state index in [1.807, 2.05) is 6.92 Å². The maximum atomic E-state index is 12.7. The first kappa shape index (κ1) is 19.7. The highest BCUT2D eigenvalue weighted by atomic mass is 32.2. The van der Waals surface area contributed by atoms with Gasteiger partial charge in [0.05, 0.1) is 10.6 Å². The maximum absolute atomic E-state index is 12.7. The maximum Gasteiger partial charge on any atom is 0.331 e. The predicted octanol–water partition coefficient (Wildman–Crippen LogP) is 1.89. The molecule has 0 aliphatic carbocycles. The minimum absolute atomic E-state index is 0.0457. The number of rotatable bonds is 7. The third kappa shape index (κ3) is 3.65. The first-order valence-electron chi connectivity index (χ1n) is 8.33. The lowest BCUT2D eigenvalue weighted by molar-refractivity contribution is 0.571. The lowest BCUT2D eigenvalue weighted by Crippen LogP contribution is -2.43. The molecule has 0 saturated carbocycles. The standard InChI is InChI=1S/C18H23N3O4S/c1-5-8-15-16(17(22)21(7-3)18(23)20(15)6-2)19-26(24,25)14-11-9-13(4)10-12-14/h5,9-12,19H,1,6-8H2,2-4H3. The van der Waals surface area contributed by atoms with Crippen molar-refractivity contribution in [2.75, 3.05) is 4.72 Å². The topological polar surface area (TPSA) is 90.2 Å². The van der Waals surface area contributed by atoms with Crippen molar-refractivity contribution in [2.45, 2.75) is 45.2 Å². The van der Waals surface area contributed by atoms with Crippen LogP contribution in [0.25, 0.3) is 0 Å². The van der Waals surface area contributed by atoms with Crippen LogP contribution in [-0.2, 0) is 29.5 Å². The SMILES string of the molecule is C=CCc1c(NS(=O)(=O)c2ccc(C)cc2)c(=O)n(CC)c(=O)n1CC. The molecule has 1 aromatic heterocycles. The highest BCUT2D eigenvalue weighted by molar-refractivity contribution is 7.92. The van der Waals surface area contributed by atoms with Crippen LogP contribution in [0.5, 0.6) is 0 Å². The van der Waals surface area contributed by atoms with Crippen LogP contribution in [0.2, 0.25) is 0 Å². The summed E-state index contributed by atoms with van der Waals surface area (Å²) in [6.45, 7) is 9.36. The molecule has 1 aromatic carbocycles. The zero-order valence-corrected chi connectivity index (χ0v) is 16.0. The van der Waals surface area contributed by atoms with Crippen LogP contribution in [0, 0.1) is 6.92 Å². The first-order chi connectivity index (χ1) is 12.3. The van der Waals surface area contributed by atoms with Gasteiger partial charge in [-0.1, -0.05) is 23.8 Å². The minimum atomic E-state index is -3.97. The van der Waals surface area contributed by atoms with Gasteiger partial charge in [-0.3, -0.25) is 18.7 Å². The number of hydrogen-bond donors (Lipinski definition) is 1. The van der Waals surface area contributed by atoms with Gasteiger partial charge < -0.3 is 0 Å². The Morgan fingerprint density at radius 2 is 1.65 bits per heavy atom. The summed E-state index contributed by atoms with van der Waals surface area (Å²) in [7, 11) is -3.97. The van der Waals surface area contributed by atoms with Crippen molar-refractivity contribution < 1.29 is 8.42 Å². The Balaban J connectivity index is 2.71. The van der Waals surface area contributed by atoms with E-state index < -0.39 is 21.3 Å². The van der Waals surface area contributed by atoms with Crippen molar-refractivity contribution in [1.29, 1.82) is 0 Å². The summed E-state index contributed by atoms with van der Waals surface area (Å²) >= 11 is 0. The lowest BCUT2D eigenvalue weighted by atomic mass is 10.2. The molecule has 0 unspecified atom stereocenters. The van der Waals surface area contributed by atoms with Gasteiger partial charge in [0.2, 0.25) is 0 Å². The number of allylic oxidation sites excluding steroid dienone is 1. The van der Waals surface area contributed by atoms with Gasteiger partial charge in [-0.05, 0) is 32.9 Å². The second-order valence-corrected chi connectivity index (χ2v) is 7.49. The third-order valence-corrected chi connectivity index (χ3v) is 5.44. The summed E-state index contributed by atoms with van der Waals surface area (Å²) in [6, 6.07) is 6.30. The summed E-state index contributed by atoms with van der Waals surface area (Å²) in [5.41, 5.74) is -0.0132. The molecule has 0 spiro atoms. The van der Waals surface area contributed by atoms with Crippen molar-refractivity contribution in [3.8, 4) is 0 Å². The molecule has 2 aromatic rings. The summed E-state index contributed by atoms with van der Waals surface area (Å²) in [5, 5.41) is 0. The van der Waals surface area contributed by atoms with E-state index in [9.17, 15) is 18.0 Å². The Hall–Kier alpha value is -2.61. The summed E-state index contributed by atoms with van der Waals surface area (Å²) < 4.78 is 30.3. The van der Waals surface area contributed by atoms with Crippen LogP contribution < -0.4 is 16.0 Å². The molecule has 1 heterocycles. The second-order valence-electron chi connectivity index (χ2n) is 5.81. The summed E-state index contributed by atoms with van der Waals surface area (Å²) in [5.74, 6) is 0. The Morgan fingerprint density at radius 1 is 1.08 bits per heavy atom. The Bertz CT molecular complexity index is 1030. The number of aryl methyl sites for hydroxylation is 1. The van der Waals surface area contributed by atoms with Crippen LogP contribution in [-0.4, -0.2) is 17.6 Å². The fourth-order valence-electron chi connectivity index (χ4n) is 2.71. The van der Waals surface area contributed by atoms with E-state index in [1.165, 1.54) is 22.8 Å². The van der Waals surface area contributed by atoms with E-state index in [-0.39, 0.29) is 23.5 Å². The Kier molecular flexibility index (Phi) is 5.86. The average Bonchev–Trinajstić information content (AvgIpc) is 2.59. The van der Waals surface area contributed by atoms with Crippen molar-refractivity contribution in [1.82, 2.24) is 9.13 Å². The van der Waals surface area contributed by atoms with E-state index in [4.69, 9.17) is 0 Å². The Labute approximate surface area is 152 Å². The summed E-state index contributed by atoms with van der Waals surface area (Å²) in [4.78, 5) is 25.3. The van der Waals surface area contributed by atoms with Crippen molar-refractivity contribution in [3.05, 3.63) is 69.0 Å². The molecule has 0 saturated heterocycles. The summed E-state index contributed by atoms with van der Waals surface area (Å²) in [6.07, 6.45) is 1.72. The van der Waals surface area contributed by atoms with Gasteiger partial charge in [-0.2, -0.15) is 0 Å². The van der Waals surface area contributed by atoms with Crippen LogP contribution >= 0.6 is 0 Å². The number of nitrogens with zero attached hydrogens (tertiary/aromatic N) is 2. The van der Waals surface area contributed by atoms with E-state index >= 15 is 0 Å². The number of nitrogens with one attached hydrogen (secondary N) is 1. The molecule has 2 rings (SSSR count). The predicted molar refractivity (Wildman–Crippen MR) is 102 cm³/mol. The van der Waals surface area contributed by atoms with Crippen molar-refractivity contribution >= 4 is 15.7 Å². The van der Waals surface area contributed by atoms with Crippen molar-refractivity contribution in [2.24, 2.45) is 0 Å². The zero-order chi connectivity index (χ0) is 19.5. The fourth-order valence-corrected chi connectivity index (χ4v) is 3.79. The molecule has 0 fully saturated rings. The van der Waals surface area contributed by atoms with E-state index in [2.05, 4.69) is 11.3 Å². The smallest absolute Gasteiger partial charge is 0.295 e. The van der Waals surface area contributed by atoms with Gasteiger partial charge in [-0.15, -0.1) is 6.58 Å². The van der Waals surface area contributed by atoms with Gasteiger partial charge in [0.15, 0.2) is 0 Å². The minimum Gasteiger partial charge on any atom is -0.295 e. The van der Waals surface area contributed by atoms with Crippen LogP contribution in [0.4, 0.5) is 5.69 Å². The van der Waals surface area contributed by atoms with Crippen molar-refractivity contribution in [3.63, 3.8) is 0 Å². The molecule has 0 atom stereocenters.